The molecule has 0 nitrogen and oxygen atoms in total. The summed E-state index contributed by atoms with van der Waals surface area (Å²) in [5, 5.41) is 4.96. The molecule has 0 aliphatic rings. The molecule has 0 fully saturated rings. The van der Waals surface area contributed by atoms with Crippen LogP contribution in [-0.2, 0) is 0 Å². The highest BCUT2D eigenvalue weighted by Crippen LogP contribution is 2.33. The first-order chi connectivity index (χ1) is 4.70. The molecule has 0 bridgehead atoms. The topological polar surface area (TPSA) is 0 Å². The van der Waals surface area contributed by atoms with Gasteiger partial charge in [-0.05, 0) is 15.9 Å². The third-order valence-electron chi connectivity index (χ3n) is 0.945. The van der Waals surface area contributed by atoms with Gasteiger partial charge in [0.2, 0.25) is 0 Å². The van der Waals surface area contributed by atoms with Gasteiger partial charge in [0, 0.05) is 25.4 Å². The van der Waals surface area contributed by atoms with Gasteiger partial charge < -0.3 is 0 Å². The van der Waals surface area contributed by atoms with Crippen molar-refractivity contribution < 1.29 is 0 Å². The van der Waals surface area contributed by atoms with Crippen molar-refractivity contribution in [2.24, 2.45) is 0 Å². The number of thiophene rings is 1. The van der Waals surface area contributed by atoms with Crippen LogP contribution < -0.4 is 0 Å². The van der Waals surface area contributed by atoms with E-state index in [4.69, 9.17) is 0 Å². The van der Waals surface area contributed by atoms with Gasteiger partial charge in [-0.1, -0.05) is 13.8 Å². The van der Waals surface area contributed by atoms with E-state index in [2.05, 4.69) is 40.5 Å². The quantitative estimate of drug-likeness (QED) is 0.700. The maximum Gasteiger partial charge on any atom is 0.0418 e. The van der Waals surface area contributed by atoms with Gasteiger partial charge >= 0.3 is 0 Å². The van der Waals surface area contributed by atoms with Crippen LogP contribution in [0, 0.1) is 0 Å². The number of rotatable bonds is 2. The van der Waals surface area contributed by atoms with E-state index in [1.54, 1.807) is 11.3 Å². The van der Waals surface area contributed by atoms with Crippen molar-refractivity contribution in [1.29, 1.82) is 0 Å². The molecule has 1 rings (SSSR count). The van der Waals surface area contributed by atoms with E-state index in [9.17, 15) is 0 Å². The Morgan fingerprint density at radius 3 is 2.60 bits per heavy atom. The normalized spacial score (nSPS) is 10.8. The first-order valence-electron chi connectivity index (χ1n) is 3.08. The van der Waals surface area contributed by atoms with Crippen LogP contribution in [0.5, 0.6) is 0 Å². The standard InChI is InChI=1S/C7H9BrS2/c1-5(2)10-7-4-9-3-6(7)8/h3-5H,1-2H3. The Kier molecular flexibility index (Phi) is 3.27. The molecule has 0 aliphatic carbocycles. The van der Waals surface area contributed by atoms with Crippen LogP contribution in [-0.4, -0.2) is 5.25 Å². The Bertz CT molecular complexity index is 205. The van der Waals surface area contributed by atoms with Crippen molar-refractivity contribution in [3.8, 4) is 0 Å². The van der Waals surface area contributed by atoms with Crippen LogP contribution in [0.25, 0.3) is 0 Å². The third kappa shape index (κ3) is 2.29. The Morgan fingerprint density at radius 2 is 2.20 bits per heavy atom. The molecule has 1 aromatic rings. The molecule has 0 aromatic carbocycles. The lowest BCUT2D eigenvalue weighted by molar-refractivity contribution is 1.11. The molecule has 0 N–H and O–H groups in total. The first-order valence-corrected chi connectivity index (χ1v) is 5.70. The van der Waals surface area contributed by atoms with Crippen molar-refractivity contribution >= 4 is 39.0 Å². The highest BCUT2D eigenvalue weighted by molar-refractivity contribution is 9.10. The smallest absolute Gasteiger partial charge is 0.0418 e. The lowest BCUT2D eigenvalue weighted by atomic mass is 10.6. The summed E-state index contributed by atoms with van der Waals surface area (Å²) in [6, 6.07) is 0. The molecule has 0 atom stereocenters. The summed E-state index contributed by atoms with van der Waals surface area (Å²) in [5.41, 5.74) is 0. The molecule has 56 valence electrons. The van der Waals surface area contributed by atoms with E-state index in [1.807, 2.05) is 11.8 Å². The number of halogens is 1. The summed E-state index contributed by atoms with van der Waals surface area (Å²) in [5.74, 6) is 0. The maximum absolute atomic E-state index is 3.48. The predicted octanol–water partition coefficient (Wildman–Crippen LogP) is 4.01. The Labute approximate surface area is 78.2 Å². The number of thioether (sulfide) groups is 1. The first kappa shape index (κ1) is 8.62. The van der Waals surface area contributed by atoms with Gasteiger partial charge in [0.1, 0.15) is 0 Å². The van der Waals surface area contributed by atoms with Crippen LogP contribution in [0.3, 0.4) is 0 Å². The third-order valence-corrected chi connectivity index (χ3v) is 4.12. The molecule has 1 heterocycles. The summed E-state index contributed by atoms with van der Waals surface area (Å²) >= 11 is 7.12. The molecule has 10 heavy (non-hydrogen) atoms. The largest absolute Gasteiger partial charge is 0.150 e. The van der Waals surface area contributed by atoms with Gasteiger partial charge in [0.25, 0.3) is 0 Å². The summed E-state index contributed by atoms with van der Waals surface area (Å²) < 4.78 is 1.23. The Morgan fingerprint density at radius 1 is 1.50 bits per heavy atom. The Hall–Kier alpha value is 0.530. The average Bonchev–Trinajstić information content (AvgIpc) is 2.15. The fourth-order valence-corrected chi connectivity index (χ4v) is 3.19. The van der Waals surface area contributed by atoms with Gasteiger partial charge in [-0.15, -0.1) is 11.8 Å². The van der Waals surface area contributed by atoms with Gasteiger partial charge in [-0.3, -0.25) is 0 Å². The monoisotopic (exact) mass is 236 g/mol. The molecule has 0 amide bonds. The van der Waals surface area contributed by atoms with Crippen molar-refractivity contribution in [3.63, 3.8) is 0 Å². The SMILES string of the molecule is CC(C)Sc1cscc1Br. The van der Waals surface area contributed by atoms with E-state index in [0.29, 0.717) is 5.25 Å². The van der Waals surface area contributed by atoms with E-state index in [-0.39, 0.29) is 0 Å². The molecule has 0 aliphatic heterocycles. The minimum atomic E-state index is 0.672. The highest BCUT2D eigenvalue weighted by atomic mass is 79.9. The summed E-state index contributed by atoms with van der Waals surface area (Å²) in [6.45, 7) is 4.41. The zero-order valence-electron chi connectivity index (χ0n) is 5.93. The van der Waals surface area contributed by atoms with Crippen LogP contribution in [0.4, 0.5) is 0 Å². The van der Waals surface area contributed by atoms with Crippen molar-refractivity contribution in [1.82, 2.24) is 0 Å². The van der Waals surface area contributed by atoms with Gasteiger partial charge in [-0.25, -0.2) is 0 Å². The highest BCUT2D eigenvalue weighted by Gasteiger charge is 2.02. The molecule has 0 spiro atoms. The number of hydrogen-bond donors (Lipinski definition) is 0. The lowest BCUT2D eigenvalue weighted by Crippen LogP contribution is -1.83. The minimum Gasteiger partial charge on any atom is -0.150 e. The molecule has 1 aromatic heterocycles. The molecule has 0 saturated heterocycles. The van der Waals surface area contributed by atoms with Crippen LogP contribution >= 0.6 is 39.0 Å². The Balaban J connectivity index is 2.65. The second-order valence-corrected chi connectivity index (χ2v) is 5.47. The van der Waals surface area contributed by atoms with Gasteiger partial charge in [-0.2, -0.15) is 11.3 Å². The van der Waals surface area contributed by atoms with Crippen molar-refractivity contribution in [3.05, 3.63) is 15.2 Å². The van der Waals surface area contributed by atoms with E-state index >= 15 is 0 Å². The van der Waals surface area contributed by atoms with Crippen LogP contribution in [0.15, 0.2) is 20.1 Å². The second kappa shape index (κ2) is 3.79. The van der Waals surface area contributed by atoms with E-state index < -0.39 is 0 Å². The zero-order chi connectivity index (χ0) is 7.56. The number of hydrogen-bond acceptors (Lipinski definition) is 2. The summed E-state index contributed by atoms with van der Waals surface area (Å²) in [6.07, 6.45) is 0. The molecule has 0 unspecified atom stereocenters. The minimum absolute atomic E-state index is 0.672. The van der Waals surface area contributed by atoms with Gasteiger partial charge in [0.05, 0.1) is 0 Å². The molecular weight excluding hydrogens is 228 g/mol. The zero-order valence-corrected chi connectivity index (χ0v) is 9.15. The van der Waals surface area contributed by atoms with E-state index in [1.165, 1.54) is 9.37 Å². The lowest BCUT2D eigenvalue weighted by Gasteiger charge is -2.01. The maximum atomic E-state index is 3.48. The molecule has 0 radical (unpaired) electrons. The fraction of sp³-hybridized carbons (Fsp3) is 0.429. The van der Waals surface area contributed by atoms with Crippen molar-refractivity contribution in [2.45, 2.75) is 24.0 Å². The average molecular weight is 237 g/mol. The molecule has 0 saturated carbocycles. The van der Waals surface area contributed by atoms with Crippen LogP contribution in [0.2, 0.25) is 0 Å². The summed E-state index contributed by atoms with van der Waals surface area (Å²) in [7, 11) is 0. The predicted molar refractivity (Wildman–Crippen MR) is 53.0 cm³/mol. The van der Waals surface area contributed by atoms with E-state index in [0.717, 1.165) is 0 Å². The van der Waals surface area contributed by atoms with Crippen molar-refractivity contribution in [2.75, 3.05) is 0 Å². The second-order valence-electron chi connectivity index (χ2n) is 2.25. The molecule has 3 heteroatoms. The fourth-order valence-electron chi connectivity index (χ4n) is 0.608. The van der Waals surface area contributed by atoms with Gasteiger partial charge in [0.15, 0.2) is 0 Å². The van der Waals surface area contributed by atoms with Crippen LogP contribution in [0.1, 0.15) is 13.8 Å². The molecular formula is C7H9BrS2. The summed E-state index contributed by atoms with van der Waals surface area (Å²) in [4.78, 5) is 1.36.